The average Bonchev–Trinajstić information content (AvgIpc) is 3.14. The number of rotatable bonds is 23. The summed E-state index contributed by atoms with van der Waals surface area (Å²) in [6.45, 7) is 0. The van der Waals surface area contributed by atoms with Gasteiger partial charge < -0.3 is 14.6 Å². The maximum atomic E-state index is 13.6. The van der Waals surface area contributed by atoms with Gasteiger partial charge in [-0.25, -0.2) is 22.0 Å². The molecule has 0 rings (SSSR count). The van der Waals surface area contributed by atoms with Gasteiger partial charge in [-0.2, -0.15) is 114 Å². The van der Waals surface area contributed by atoms with Gasteiger partial charge in [-0.15, -0.1) is 0 Å². The predicted molar refractivity (Wildman–Crippen MR) is 177 cm³/mol. The number of nitrogens with two attached hydrogens (primary N) is 1. The fourth-order valence-electron chi connectivity index (χ4n) is 3.76. The second kappa shape index (κ2) is 24.1. The summed E-state index contributed by atoms with van der Waals surface area (Å²) in [5, 5.41) is 12.6. The molecule has 0 unspecified atom stereocenters. The van der Waals surface area contributed by atoms with Crippen molar-refractivity contribution in [2.45, 2.75) is 130 Å². The van der Waals surface area contributed by atoms with Crippen LogP contribution in [0.5, 0.6) is 0 Å². The van der Waals surface area contributed by atoms with Gasteiger partial charge in [0.15, 0.2) is 0 Å². The Hall–Kier alpha value is -4.08. The molecular weight excluding hydrogens is 1110 g/mol. The quantitative estimate of drug-likeness (QED) is 0.0653. The third kappa shape index (κ3) is 17.3. The Morgan fingerprint density at radius 3 is 0.986 bits per heavy atom. The summed E-state index contributed by atoms with van der Waals surface area (Å²) >= 11 is 0. The number of methoxy groups -OCH3 is 2. The SMILES string of the molecule is C.COC(=O)CCCS(=O)(=O)NC(=O)CCC(F)(F)C(F)(F)C(F)(F)C(F)(F)C(F)(F)C(F)(F)F.COC(=O)CCCS(N)(=O)=O.O=C(O)CCC(F)(F)C(F)(F)C(F)(F)C(F)(F)C(F)(F)C(F)(F)F. The summed E-state index contributed by atoms with van der Waals surface area (Å²) in [7, 11) is -5.97. The van der Waals surface area contributed by atoms with Gasteiger partial charge in [0.25, 0.3) is 0 Å². The number of carboxylic acids is 1. The van der Waals surface area contributed by atoms with Gasteiger partial charge in [0.1, 0.15) is 0 Å². The number of aliphatic carboxylic acids is 1. The minimum Gasteiger partial charge on any atom is -0.481 e. The molecule has 0 bridgehead atoms. The largest absolute Gasteiger partial charge is 0.481 e. The van der Waals surface area contributed by atoms with Crippen LogP contribution in [0, 0.1) is 0 Å². The van der Waals surface area contributed by atoms with Crippen molar-refractivity contribution in [1.82, 2.24) is 4.72 Å². The lowest BCUT2D eigenvalue weighted by atomic mass is 9.92. The number of halogens is 26. The third-order valence-corrected chi connectivity index (χ3v) is 9.87. The molecule has 4 N–H and O–H groups in total. The molecule has 0 aromatic rings. The Labute approximate surface area is 374 Å². The molecule has 0 atom stereocenters. The summed E-state index contributed by atoms with van der Waals surface area (Å²) in [6, 6.07) is 0. The Morgan fingerprint density at radius 1 is 0.457 bits per heavy atom. The topological polar surface area (TPSA) is 213 Å². The van der Waals surface area contributed by atoms with Crippen LogP contribution in [0.2, 0.25) is 0 Å². The lowest BCUT2D eigenvalue weighted by molar-refractivity contribution is -0.440. The molecule has 0 aliphatic carbocycles. The van der Waals surface area contributed by atoms with Crippen molar-refractivity contribution >= 4 is 43.9 Å². The van der Waals surface area contributed by atoms with Crippen molar-refractivity contribution in [1.29, 1.82) is 0 Å². The number of ether oxygens (including phenoxy) is 2. The number of nitrogens with one attached hydrogen (secondary N) is 1. The second-order valence-corrected chi connectivity index (χ2v) is 16.5. The number of alkyl halides is 26. The Bertz CT molecular complexity index is 1980. The number of amides is 1. The van der Waals surface area contributed by atoms with Gasteiger partial charge in [0, 0.05) is 32.1 Å². The molecule has 41 heteroatoms. The first-order chi connectivity index (χ1) is 29.9. The first-order valence-electron chi connectivity index (χ1n) is 16.7. The molecule has 0 fully saturated rings. The molecule has 0 saturated carbocycles. The van der Waals surface area contributed by atoms with Crippen LogP contribution in [-0.4, -0.2) is 143 Å². The molecule has 0 aromatic heterocycles. The van der Waals surface area contributed by atoms with Crippen molar-refractivity contribution < 1.29 is 165 Å². The van der Waals surface area contributed by atoms with E-state index in [4.69, 9.17) is 5.11 Å². The first-order valence-corrected chi connectivity index (χ1v) is 20.1. The van der Waals surface area contributed by atoms with Crippen molar-refractivity contribution in [2.24, 2.45) is 5.14 Å². The van der Waals surface area contributed by atoms with E-state index in [2.05, 4.69) is 14.6 Å². The number of carbonyl (C=O) groups excluding carboxylic acids is 3. The molecule has 0 radical (unpaired) electrons. The van der Waals surface area contributed by atoms with Crippen LogP contribution in [0.25, 0.3) is 0 Å². The van der Waals surface area contributed by atoms with Crippen LogP contribution in [-0.2, 0) is 48.7 Å². The number of carbonyl (C=O) groups is 4. The molecule has 0 spiro atoms. The van der Waals surface area contributed by atoms with Gasteiger partial charge in [0.05, 0.1) is 32.1 Å². The monoisotopic (exact) mass is 1140 g/mol. The van der Waals surface area contributed by atoms with E-state index in [1.54, 1.807) is 0 Å². The molecule has 1 amide bonds. The zero-order valence-electron chi connectivity index (χ0n) is 33.3. The highest BCUT2D eigenvalue weighted by atomic mass is 32.2. The zero-order chi connectivity index (χ0) is 56.5. The average molecular weight is 1140 g/mol. The van der Waals surface area contributed by atoms with E-state index < -0.39 is 160 Å². The number of sulfonamides is 2. The minimum atomic E-state index is -8.07. The predicted octanol–water partition coefficient (Wildman–Crippen LogP) is 8.36. The zero-order valence-corrected chi connectivity index (χ0v) is 35.0. The molecule has 0 heterocycles. The Balaban J connectivity index is -0.000000523. The van der Waals surface area contributed by atoms with Gasteiger partial charge in [-0.05, 0) is 12.8 Å². The first kappa shape index (κ1) is 72.5. The summed E-state index contributed by atoms with van der Waals surface area (Å²) in [4.78, 5) is 42.5. The van der Waals surface area contributed by atoms with E-state index >= 15 is 0 Å². The van der Waals surface area contributed by atoms with E-state index in [1.807, 2.05) is 0 Å². The van der Waals surface area contributed by atoms with Crippen molar-refractivity contribution in [2.75, 3.05) is 25.7 Å². The van der Waals surface area contributed by atoms with Crippen molar-refractivity contribution in [3.8, 4) is 0 Å². The summed E-state index contributed by atoms with van der Waals surface area (Å²) in [5.74, 6) is -82.3. The van der Waals surface area contributed by atoms with Crippen LogP contribution in [0.1, 0.15) is 58.8 Å². The number of esters is 2. The van der Waals surface area contributed by atoms with E-state index in [9.17, 15) is 150 Å². The van der Waals surface area contributed by atoms with E-state index in [-0.39, 0.29) is 26.0 Å². The second-order valence-electron chi connectivity index (χ2n) is 13.0. The highest BCUT2D eigenvalue weighted by Gasteiger charge is 2.92. The lowest BCUT2D eigenvalue weighted by Crippen LogP contribution is -2.70. The molecular formula is C29H34F26N2O11S2. The summed E-state index contributed by atoms with van der Waals surface area (Å²) in [5.41, 5.74) is 0. The molecule has 13 nitrogen and oxygen atoms in total. The number of hydrogen-bond acceptors (Lipinski definition) is 10. The standard InChI is InChI=1S/C14H14F13NO5S.C9H5F13O2.C5H11NO4S.CH4/c1-33-8(30)3-2-6-34(31,32)28-7(29)4-5-9(15,16)10(17,18)11(19,20)12(21,22)13(23,24)14(25,26)27;10-4(11,2-1-3(23)24)5(12,13)6(14,15)7(16,17)8(18,19)9(20,21)22;1-10-5(7)3-2-4-11(6,8)9;/h2-6H2,1H3,(H,28,29);1-2H2,(H,23,24);2-4H2,1H3,(H2,6,8,9);1H4. The number of carboxylic acid groups (broad SMARTS) is 1. The number of hydrogen-bond donors (Lipinski definition) is 3. The Morgan fingerprint density at radius 2 is 0.729 bits per heavy atom. The van der Waals surface area contributed by atoms with Crippen LogP contribution in [0.4, 0.5) is 114 Å². The molecule has 70 heavy (non-hydrogen) atoms. The maximum Gasteiger partial charge on any atom is 0.460 e. The smallest absolute Gasteiger partial charge is 0.460 e. The van der Waals surface area contributed by atoms with Crippen LogP contribution < -0.4 is 9.86 Å². The normalized spacial score (nSPS) is 14.2. The van der Waals surface area contributed by atoms with Gasteiger partial charge in [-0.3, -0.25) is 23.9 Å². The van der Waals surface area contributed by atoms with Crippen LogP contribution in [0.3, 0.4) is 0 Å². The fraction of sp³-hybridized carbons (Fsp3) is 0.862. The van der Waals surface area contributed by atoms with Crippen LogP contribution in [0.15, 0.2) is 0 Å². The van der Waals surface area contributed by atoms with E-state index in [0.717, 1.165) is 11.8 Å². The van der Waals surface area contributed by atoms with E-state index in [0.29, 0.717) is 0 Å². The molecule has 420 valence electrons. The van der Waals surface area contributed by atoms with Gasteiger partial charge in [0.2, 0.25) is 26.0 Å². The van der Waals surface area contributed by atoms with Crippen molar-refractivity contribution in [3.05, 3.63) is 0 Å². The lowest BCUT2D eigenvalue weighted by Gasteiger charge is -2.39. The molecule has 0 aliphatic rings. The fourth-order valence-corrected chi connectivity index (χ4v) is 5.38. The summed E-state index contributed by atoms with van der Waals surface area (Å²) in [6.07, 6.45) is -25.4. The van der Waals surface area contributed by atoms with Crippen LogP contribution >= 0.6 is 0 Å². The molecule has 0 saturated heterocycles. The summed E-state index contributed by atoms with van der Waals surface area (Å²) < 4.78 is 384. The van der Waals surface area contributed by atoms with Crippen molar-refractivity contribution in [3.63, 3.8) is 0 Å². The molecule has 0 aromatic carbocycles. The highest BCUT2D eigenvalue weighted by Crippen LogP contribution is 2.62. The van der Waals surface area contributed by atoms with Gasteiger partial charge >= 0.3 is 89.5 Å². The molecule has 0 aliphatic heterocycles. The van der Waals surface area contributed by atoms with E-state index in [1.165, 1.54) is 7.11 Å². The Kier molecular flexibility index (Phi) is 24.9. The highest BCUT2D eigenvalue weighted by molar-refractivity contribution is 7.90. The van der Waals surface area contributed by atoms with Gasteiger partial charge in [-0.1, -0.05) is 7.43 Å². The minimum absolute atomic E-state index is 0. The third-order valence-electron chi connectivity index (χ3n) is 7.64. The number of primary sulfonamides is 1. The maximum absolute atomic E-state index is 13.6.